The van der Waals surface area contributed by atoms with Crippen LogP contribution in [0, 0.1) is 17.0 Å². The highest BCUT2D eigenvalue weighted by atomic mass is 35.5. The van der Waals surface area contributed by atoms with Crippen molar-refractivity contribution in [3.05, 3.63) is 35.4 Å². The maximum atomic E-state index is 13.7. The molecule has 1 aromatic carbocycles. The van der Waals surface area contributed by atoms with Crippen LogP contribution in [0.1, 0.15) is 25.5 Å². The lowest BCUT2D eigenvalue weighted by Gasteiger charge is -2.38. The topological polar surface area (TPSA) is 38.3 Å². The quantitative estimate of drug-likeness (QED) is 0.856. The van der Waals surface area contributed by atoms with E-state index in [2.05, 4.69) is 5.32 Å². The highest BCUT2D eigenvalue weighted by Gasteiger charge is 2.40. The van der Waals surface area contributed by atoms with Crippen molar-refractivity contribution in [2.45, 2.75) is 19.9 Å². The van der Waals surface area contributed by atoms with Crippen molar-refractivity contribution < 1.29 is 18.3 Å². The number of nitrogens with one attached hydrogen (secondary N) is 1. The minimum Gasteiger partial charge on any atom is -0.449 e. The van der Waals surface area contributed by atoms with Gasteiger partial charge in [0.25, 0.3) is 0 Å². The van der Waals surface area contributed by atoms with Gasteiger partial charge < -0.3 is 10.1 Å². The molecule has 100 valence electrons. The molecule has 1 atom stereocenters. The Bertz CT molecular complexity index is 445. The molecule has 0 aliphatic carbocycles. The summed E-state index contributed by atoms with van der Waals surface area (Å²) in [5.74, 6) is -1.32. The molecule has 0 aromatic heterocycles. The molecule has 1 saturated heterocycles. The summed E-state index contributed by atoms with van der Waals surface area (Å²) >= 11 is 0. The zero-order valence-electron chi connectivity index (χ0n) is 10.00. The van der Waals surface area contributed by atoms with Gasteiger partial charge in [-0.1, -0.05) is 19.9 Å². The highest BCUT2D eigenvalue weighted by Crippen LogP contribution is 2.38. The molecule has 3 nitrogen and oxygen atoms in total. The molecule has 0 spiro atoms. The predicted octanol–water partition coefficient (Wildman–Crippen LogP) is 3.19. The van der Waals surface area contributed by atoms with Crippen molar-refractivity contribution in [3.63, 3.8) is 0 Å². The molecular weight excluding hydrogens is 264 g/mol. The number of carbonyl (C=O) groups is 1. The van der Waals surface area contributed by atoms with Crippen molar-refractivity contribution in [2.24, 2.45) is 5.41 Å². The fourth-order valence-corrected chi connectivity index (χ4v) is 1.94. The molecular formula is C12H14ClF2NO2. The highest BCUT2D eigenvalue weighted by molar-refractivity contribution is 5.85. The minimum absolute atomic E-state index is 0. The van der Waals surface area contributed by atoms with Gasteiger partial charge in [0, 0.05) is 11.0 Å². The van der Waals surface area contributed by atoms with E-state index in [1.165, 1.54) is 18.2 Å². The number of carbonyl (C=O) groups excluding carboxylic acids is 1. The Morgan fingerprint density at radius 1 is 1.33 bits per heavy atom. The number of hydrogen-bond donors (Lipinski definition) is 1. The van der Waals surface area contributed by atoms with Crippen LogP contribution in [0.2, 0.25) is 0 Å². The SMILES string of the molecule is CC1(C)COC(=O)N[C@@H]1c1c(F)cccc1F.Cl. The molecule has 0 saturated carbocycles. The number of benzene rings is 1. The van der Waals surface area contributed by atoms with Crippen molar-refractivity contribution in [3.8, 4) is 0 Å². The summed E-state index contributed by atoms with van der Waals surface area (Å²) < 4.78 is 32.2. The lowest BCUT2D eigenvalue weighted by atomic mass is 9.80. The van der Waals surface area contributed by atoms with Gasteiger partial charge in [0.2, 0.25) is 0 Å². The van der Waals surface area contributed by atoms with E-state index in [0.29, 0.717) is 0 Å². The van der Waals surface area contributed by atoms with E-state index in [-0.39, 0.29) is 24.6 Å². The van der Waals surface area contributed by atoms with Crippen molar-refractivity contribution in [1.82, 2.24) is 5.32 Å². The van der Waals surface area contributed by atoms with Gasteiger partial charge in [-0.15, -0.1) is 12.4 Å². The van der Waals surface area contributed by atoms with Crippen LogP contribution in [0.3, 0.4) is 0 Å². The zero-order valence-corrected chi connectivity index (χ0v) is 10.8. The fourth-order valence-electron chi connectivity index (χ4n) is 1.94. The van der Waals surface area contributed by atoms with Crippen molar-refractivity contribution in [1.29, 1.82) is 0 Å². The zero-order chi connectivity index (χ0) is 12.6. The summed E-state index contributed by atoms with van der Waals surface area (Å²) in [5, 5.41) is 2.46. The summed E-state index contributed by atoms with van der Waals surface area (Å²) in [7, 11) is 0. The Labute approximate surface area is 110 Å². The summed E-state index contributed by atoms with van der Waals surface area (Å²) in [6, 6.07) is 2.92. The third kappa shape index (κ3) is 2.56. The van der Waals surface area contributed by atoms with E-state index in [4.69, 9.17) is 4.74 Å². The molecule has 1 aromatic rings. The number of alkyl carbamates (subject to hydrolysis) is 1. The smallest absolute Gasteiger partial charge is 0.407 e. The van der Waals surface area contributed by atoms with Gasteiger partial charge in [0.05, 0.1) is 6.04 Å². The number of cyclic esters (lactones) is 1. The number of hydrogen-bond acceptors (Lipinski definition) is 2. The Hall–Kier alpha value is -1.36. The largest absolute Gasteiger partial charge is 0.449 e. The van der Waals surface area contributed by atoms with Crippen LogP contribution in [0.4, 0.5) is 13.6 Å². The molecule has 1 N–H and O–H groups in total. The third-order valence-corrected chi connectivity index (χ3v) is 2.91. The van der Waals surface area contributed by atoms with E-state index >= 15 is 0 Å². The standard InChI is InChI=1S/C12H13F2NO2.ClH/c1-12(2)6-17-11(16)15-10(12)9-7(13)4-3-5-8(9)14;/h3-5,10H,6H2,1-2H3,(H,15,16);1H/t10-;/m1./s1. The average molecular weight is 278 g/mol. The lowest BCUT2D eigenvalue weighted by Crippen LogP contribution is -2.47. The van der Waals surface area contributed by atoms with E-state index in [1.807, 2.05) is 0 Å². The number of ether oxygens (including phenoxy) is 1. The summed E-state index contributed by atoms with van der Waals surface area (Å²) in [6.07, 6.45) is -0.656. The number of halogens is 3. The summed E-state index contributed by atoms with van der Waals surface area (Å²) in [4.78, 5) is 11.2. The second-order valence-electron chi connectivity index (χ2n) is 4.78. The first kappa shape index (κ1) is 14.7. The van der Waals surface area contributed by atoms with Gasteiger partial charge >= 0.3 is 6.09 Å². The molecule has 6 heteroatoms. The molecule has 0 unspecified atom stereocenters. The van der Waals surface area contributed by atoms with Gasteiger partial charge in [-0.05, 0) is 12.1 Å². The molecule has 1 amide bonds. The van der Waals surface area contributed by atoms with Crippen LogP contribution in [0.5, 0.6) is 0 Å². The van der Waals surface area contributed by atoms with Crippen LogP contribution in [-0.2, 0) is 4.74 Å². The first-order valence-electron chi connectivity index (χ1n) is 5.29. The summed E-state index contributed by atoms with van der Waals surface area (Å²) in [6.45, 7) is 3.68. The Morgan fingerprint density at radius 3 is 2.44 bits per heavy atom. The van der Waals surface area contributed by atoms with E-state index in [9.17, 15) is 13.6 Å². The second-order valence-corrected chi connectivity index (χ2v) is 4.78. The van der Waals surface area contributed by atoms with Gasteiger partial charge in [-0.3, -0.25) is 0 Å². The fraction of sp³-hybridized carbons (Fsp3) is 0.417. The first-order valence-corrected chi connectivity index (χ1v) is 5.29. The predicted molar refractivity (Wildman–Crippen MR) is 64.6 cm³/mol. The number of rotatable bonds is 1. The Kier molecular flexibility index (Phi) is 4.16. The molecule has 18 heavy (non-hydrogen) atoms. The minimum atomic E-state index is -0.732. The molecule has 1 fully saturated rings. The maximum Gasteiger partial charge on any atom is 0.407 e. The van der Waals surface area contributed by atoms with Crippen molar-refractivity contribution in [2.75, 3.05) is 6.61 Å². The monoisotopic (exact) mass is 277 g/mol. The Balaban J connectivity index is 0.00000162. The third-order valence-electron chi connectivity index (χ3n) is 2.91. The first-order chi connectivity index (χ1) is 7.92. The van der Waals surface area contributed by atoms with Crippen LogP contribution in [0.15, 0.2) is 18.2 Å². The van der Waals surface area contributed by atoms with E-state index < -0.39 is 29.2 Å². The van der Waals surface area contributed by atoms with Crippen molar-refractivity contribution >= 4 is 18.5 Å². The average Bonchev–Trinajstić information content (AvgIpc) is 2.23. The molecule has 0 radical (unpaired) electrons. The molecule has 2 rings (SSSR count). The van der Waals surface area contributed by atoms with Gasteiger partial charge in [-0.25, -0.2) is 13.6 Å². The number of amides is 1. The van der Waals surface area contributed by atoms with Gasteiger partial charge in [-0.2, -0.15) is 0 Å². The van der Waals surface area contributed by atoms with Crippen LogP contribution >= 0.6 is 12.4 Å². The molecule has 1 heterocycles. The molecule has 1 aliphatic heterocycles. The second kappa shape index (κ2) is 5.10. The van der Waals surface area contributed by atoms with E-state index in [0.717, 1.165) is 0 Å². The maximum absolute atomic E-state index is 13.7. The van der Waals surface area contributed by atoms with Gasteiger partial charge in [0.1, 0.15) is 18.2 Å². The molecule has 1 aliphatic rings. The van der Waals surface area contributed by atoms with Gasteiger partial charge in [0.15, 0.2) is 0 Å². The normalized spacial score (nSPS) is 21.6. The Morgan fingerprint density at radius 2 is 1.89 bits per heavy atom. The lowest BCUT2D eigenvalue weighted by molar-refractivity contribution is 0.0367. The molecule has 0 bridgehead atoms. The van der Waals surface area contributed by atoms with Crippen LogP contribution < -0.4 is 5.32 Å². The van der Waals surface area contributed by atoms with Crippen LogP contribution in [0.25, 0.3) is 0 Å². The summed E-state index contributed by atoms with van der Waals surface area (Å²) in [5.41, 5.74) is -0.689. The van der Waals surface area contributed by atoms with E-state index in [1.54, 1.807) is 13.8 Å². The van der Waals surface area contributed by atoms with Crippen LogP contribution in [-0.4, -0.2) is 12.7 Å².